The van der Waals surface area contributed by atoms with Gasteiger partial charge in [-0.25, -0.2) is 9.59 Å². The Morgan fingerprint density at radius 1 is 1.32 bits per heavy atom. The summed E-state index contributed by atoms with van der Waals surface area (Å²) in [4.78, 5) is 22.3. The van der Waals surface area contributed by atoms with Crippen LogP contribution in [0, 0.1) is 0 Å². The van der Waals surface area contributed by atoms with E-state index in [0.29, 0.717) is 0 Å². The van der Waals surface area contributed by atoms with Gasteiger partial charge in [-0.05, 0) is 32.0 Å². The number of aromatic carboxylic acids is 1. The van der Waals surface area contributed by atoms with Gasteiger partial charge in [0.1, 0.15) is 0 Å². The molecule has 19 heavy (non-hydrogen) atoms. The number of hydrogen-bond acceptors (Lipinski definition) is 5. The predicted octanol–water partition coefficient (Wildman–Crippen LogP) is 1.72. The van der Waals surface area contributed by atoms with Crippen molar-refractivity contribution in [2.45, 2.75) is 20.0 Å². The second-order valence-corrected chi connectivity index (χ2v) is 3.68. The molecular weight excluding hydrogens is 252 g/mol. The van der Waals surface area contributed by atoms with Crippen LogP contribution < -0.4 is 9.47 Å². The summed E-state index contributed by atoms with van der Waals surface area (Å²) in [5.74, 6) is -1.03. The van der Waals surface area contributed by atoms with Crippen molar-refractivity contribution in [2.75, 3.05) is 13.7 Å². The fraction of sp³-hybridized carbons (Fsp3) is 0.385. The van der Waals surface area contributed by atoms with Gasteiger partial charge in [0, 0.05) is 0 Å². The van der Waals surface area contributed by atoms with Crippen LogP contribution >= 0.6 is 0 Å². The van der Waals surface area contributed by atoms with Crippen LogP contribution in [0.4, 0.5) is 0 Å². The Labute approximate surface area is 110 Å². The van der Waals surface area contributed by atoms with E-state index in [-0.39, 0.29) is 23.7 Å². The third kappa shape index (κ3) is 3.87. The molecule has 1 rings (SSSR count). The summed E-state index contributed by atoms with van der Waals surface area (Å²) >= 11 is 0. The minimum atomic E-state index is -1.07. The smallest absolute Gasteiger partial charge is 0.347 e. The summed E-state index contributed by atoms with van der Waals surface area (Å²) in [6.07, 6.45) is -0.801. The molecule has 0 heterocycles. The molecule has 1 atom stereocenters. The normalized spacial score (nSPS) is 11.5. The molecule has 104 valence electrons. The summed E-state index contributed by atoms with van der Waals surface area (Å²) in [6.45, 7) is 3.51. The number of esters is 1. The zero-order valence-corrected chi connectivity index (χ0v) is 11.0. The van der Waals surface area contributed by atoms with Gasteiger partial charge >= 0.3 is 11.9 Å². The Bertz CT molecular complexity index is 468. The number of ether oxygens (including phenoxy) is 3. The van der Waals surface area contributed by atoms with Crippen LogP contribution in [0.25, 0.3) is 0 Å². The Hall–Kier alpha value is -2.24. The highest BCUT2D eigenvalue weighted by molar-refractivity contribution is 5.88. The standard InChI is InChI=1S/C13H16O6/c1-4-18-13(16)8(2)19-10-6-5-9(12(14)15)7-11(10)17-3/h5-8H,4H2,1-3H3,(H,14,15). The van der Waals surface area contributed by atoms with Crippen molar-refractivity contribution in [1.29, 1.82) is 0 Å². The number of carboxylic acids is 1. The minimum absolute atomic E-state index is 0.0768. The number of carboxylic acid groups (broad SMARTS) is 1. The lowest BCUT2D eigenvalue weighted by Crippen LogP contribution is -2.26. The lowest BCUT2D eigenvalue weighted by atomic mass is 10.2. The molecule has 1 N–H and O–H groups in total. The molecule has 1 aromatic carbocycles. The molecule has 0 saturated carbocycles. The van der Waals surface area contributed by atoms with Gasteiger partial charge in [0.15, 0.2) is 17.6 Å². The maximum atomic E-state index is 11.4. The molecule has 6 nitrogen and oxygen atoms in total. The van der Waals surface area contributed by atoms with E-state index < -0.39 is 18.0 Å². The number of benzene rings is 1. The third-order valence-electron chi connectivity index (χ3n) is 2.33. The molecule has 0 aromatic heterocycles. The van der Waals surface area contributed by atoms with Crippen LogP contribution in [0.15, 0.2) is 18.2 Å². The summed E-state index contributed by atoms with van der Waals surface area (Å²) in [5, 5.41) is 8.87. The van der Waals surface area contributed by atoms with Gasteiger partial charge in [-0.2, -0.15) is 0 Å². The average Bonchev–Trinajstić information content (AvgIpc) is 2.39. The molecule has 0 aliphatic carbocycles. The Kier molecular flexibility index (Phi) is 5.17. The van der Waals surface area contributed by atoms with Crippen molar-refractivity contribution in [3.05, 3.63) is 23.8 Å². The predicted molar refractivity (Wildman–Crippen MR) is 66.7 cm³/mol. The van der Waals surface area contributed by atoms with Gasteiger partial charge in [-0.1, -0.05) is 0 Å². The number of methoxy groups -OCH3 is 1. The van der Waals surface area contributed by atoms with Crippen molar-refractivity contribution < 1.29 is 28.9 Å². The van der Waals surface area contributed by atoms with Crippen LogP contribution in [0.3, 0.4) is 0 Å². The van der Waals surface area contributed by atoms with Crippen molar-refractivity contribution in [2.24, 2.45) is 0 Å². The minimum Gasteiger partial charge on any atom is -0.493 e. The van der Waals surface area contributed by atoms with E-state index in [0.717, 1.165) is 0 Å². The zero-order chi connectivity index (χ0) is 14.4. The van der Waals surface area contributed by atoms with E-state index in [1.165, 1.54) is 25.3 Å². The van der Waals surface area contributed by atoms with E-state index in [4.69, 9.17) is 19.3 Å². The number of carbonyl (C=O) groups is 2. The topological polar surface area (TPSA) is 82.1 Å². The molecule has 0 aliphatic heterocycles. The van der Waals surface area contributed by atoms with Gasteiger partial charge in [0.05, 0.1) is 19.3 Å². The quantitative estimate of drug-likeness (QED) is 0.791. The van der Waals surface area contributed by atoms with E-state index in [1.54, 1.807) is 13.8 Å². The van der Waals surface area contributed by atoms with Gasteiger partial charge in [0.25, 0.3) is 0 Å². The van der Waals surface area contributed by atoms with Crippen LogP contribution in [0.1, 0.15) is 24.2 Å². The first-order valence-corrected chi connectivity index (χ1v) is 5.74. The third-order valence-corrected chi connectivity index (χ3v) is 2.33. The SMILES string of the molecule is CCOC(=O)C(C)Oc1ccc(C(=O)O)cc1OC. The van der Waals surface area contributed by atoms with Crippen LogP contribution in [-0.4, -0.2) is 36.9 Å². The van der Waals surface area contributed by atoms with E-state index in [2.05, 4.69) is 0 Å². The highest BCUT2D eigenvalue weighted by Crippen LogP contribution is 2.29. The maximum absolute atomic E-state index is 11.4. The molecule has 1 aromatic rings. The second kappa shape index (κ2) is 6.63. The number of carbonyl (C=O) groups excluding carboxylic acids is 1. The van der Waals surface area contributed by atoms with Gasteiger partial charge in [-0.15, -0.1) is 0 Å². The van der Waals surface area contributed by atoms with E-state index in [1.807, 2.05) is 0 Å². The summed E-state index contributed by atoms with van der Waals surface area (Å²) in [5.41, 5.74) is 0.0768. The Morgan fingerprint density at radius 3 is 2.53 bits per heavy atom. The molecule has 0 aliphatic rings. The highest BCUT2D eigenvalue weighted by atomic mass is 16.6. The van der Waals surface area contributed by atoms with Crippen molar-refractivity contribution in [3.8, 4) is 11.5 Å². The first-order valence-electron chi connectivity index (χ1n) is 5.74. The van der Waals surface area contributed by atoms with Crippen LogP contribution in [0.5, 0.6) is 11.5 Å². The van der Waals surface area contributed by atoms with E-state index in [9.17, 15) is 9.59 Å². The first kappa shape index (κ1) is 14.8. The Morgan fingerprint density at radius 2 is 2.00 bits per heavy atom. The average molecular weight is 268 g/mol. The van der Waals surface area contributed by atoms with Gasteiger partial charge in [-0.3, -0.25) is 0 Å². The molecule has 0 radical (unpaired) electrons. The number of rotatable bonds is 6. The molecule has 0 fully saturated rings. The van der Waals surface area contributed by atoms with Gasteiger partial charge < -0.3 is 19.3 Å². The second-order valence-electron chi connectivity index (χ2n) is 3.68. The molecule has 1 unspecified atom stereocenters. The largest absolute Gasteiger partial charge is 0.493 e. The van der Waals surface area contributed by atoms with E-state index >= 15 is 0 Å². The molecular formula is C13H16O6. The van der Waals surface area contributed by atoms with Crippen molar-refractivity contribution in [1.82, 2.24) is 0 Å². The maximum Gasteiger partial charge on any atom is 0.347 e. The highest BCUT2D eigenvalue weighted by Gasteiger charge is 2.18. The zero-order valence-electron chi connectivity index (χ0n) is 11.0. The molecule has 0 bridgehead atoms. The molecule has 0 amide bonds. The molecule has 6 heteroatoms. The Balaban J connectivity index is 2.89. The monoisotopic (exact) mass is 268 g/mol. The van der Waals surface area contributed by atoms with Crippen molar-refractivity contribution in [3.63, 3.8) is 0 Å². The fourth-order valence-corrected chi connectivity index (χ4v) is 1.40. The van der Waals surface area contributed by atoms with Gasteiger partial charge in [0.2, 0.25) is 0 Å². The number of hydrogen-bond donors (Lipinski definition) is 1. The summed E-state index contributed by atoms with van der Waals surface area (Å²) < 4.78 is 15.2. The van der Waals surface area contributed by atoms with Crippen LogP contribution in [-0.2, 0) is 9.53 Å². The summed E-state index contributed by atoms with van der Waals surface area (Å²) in [7, 11) is 1.39. The molecule has 0 spiro atoms. The van der Waals surface area contributed by atoms with Crippen LogP contribution in [0.2, 0.25) is 0 Å². The lowest BCUT2D eigenvalue weighted by molar-refractivity contribution is -0.150. The molecule has 0 saturated heterocycles. The fourth-order valence-electron chi connectivity index (χ4n) is 1.40. The van der Waals surface area contributed by atoms with Crippen molar-refractivity contribution >= 4 is 11.9 Å². The first-order chi connectivity index (χ1) is 8.99. The summed E-state index contributed by atoms with van der Waals surface area (Å²) in [6, 6.07) is 4.14. The lowest BCUT2D eigenvalue weighted by Gasteiger charge is -2.15.